The van der Waals surface area contributed by atoms with Gasteiger partial charge in [-0.2, -0.15) is 0 Å². The summed E-state index contributed by atoms with van der Waals surface area (Å²) >= 11 is 0. The maximum Gasteiger partial charge on any atom is 0.330 e. The minimum absolute atomic E-state index is 0.000146. The van der Waals surface area contributed by atoms with Crippen LogP contribution in [-0.4, -0.2) is 99.5 Å². The van der Waals surface area contributed by atoms with Gasteiger partial charge in [0.2, 0.25) is 41.2 Å². The predicted molar refractivity (Wildman–Crippen MR) is 291 cm³/mol. The van der Waals surface area contributed by atoms with Crippen molar-refractivity contribution in [1.29, 1.82) is 0 Å². The fraction of sp³-hybridized carbons (Fsp3) is 0.169. The average molecular weight is 1160 g/mol. The first kappa shape index (κ1) is 55.8. The number of phenols is 6. The van der Waals surface area contributed by atoms with Crippen LogP contribution in [0.1, 0.15) is 86.9 Å². The number of amides is 6. The largest absolute Gasteiger partial charge is 0.508 e. The van der Waals surface area contributed by atoms with Crippen molar-refractivity contribution in [2.75, 3.05) is 0 Å². The number of hydrogen-bond donors (Lipinski definition) is 16. The molecule has 26 nitrogen and oxygen atoms in total. The Bertz CT molecular complexity index is 3970. The van der Waals surface area contributed by atoms with Gasteiger partial charge in [0.15, 0.2) is 29.0 Å². The van der Waals surface area contributed by atoms with E-state index in [2.05, 4.69) is 31.9 Å². The van der Waals surface area contributed by atoms with E-state index in [1.165, 1.54) is 79.7 Å². The monoisotopic (exact) mass is 1160 g/mol. The number of phenolic OH excluding ortho intramolecular Hbond substituents is 6. The van der Waals surface area contributed by atoms with Gasteiger partial charge < -0.3 is 97.8 Å². The van der Waals surface area contributed by atoms with E-state index in [0.29, 0.717) is 0 Å². The Balaban J connectivity index is 1.14. The number of aliphatic hydroxyl groups excluding tert-OH is 2. The molecule has 0 aliphatic carbocycles. The van der Waals surface area contributed by atoms with Crippen LogP contribution in [-0.2, 0) is 33.6 Å². The zero-order valence-electron chi connectivity index (χ0n) is 43.9. The predicted octanol–water partition coefficient (Wildman–Crippen LogP) is 3.48. The second-order valence-corrected chi connectivity index (χ2v) is 20.4. The minimum Gasteiger partial charge on any atom is -0.508 e. The lowest BCUT2D eigenvalue weighted by atomic mass is 9.89. The molecule has 13 rings (SSSR count). The lowest BCUT2D eigenvalue weighted by Gasteiger charge is -2.31. The molecule has 7 aromatic rings. The molecule has 17 bridgehead atoms. The van der Waals surface area contributed by atoms with Crippen LogP contribution >= 0.6 is 0 Å². The standard InChI is InChI=1S/C59H49N7O19/c1-22-36(70)15-27-17-38(22)85-39-16-25(6-13-35(39)69)43(60)53(75)65-48-50(72)23-2-8-30(9-3-23)83-40-18-28-19-41(52(40)74)84-31-10-4-24(5-11-31)51(73)49-58(80)64-47(59(81)82)33-20-29(67)21-37(71)42(33)32-14-26(7-12-34(32)68)44(54(76)66-49)61-56(78)46(28)62-55(77)45(27)63-57(48)79/h2-21,43-51,67-74H,60H2,1H3,(H,61,78)(H,62,77)(H,63,79)(H,64,80)(H,65,75)(H,66,76)(H,81,82)/t43-,44-,45+,46-,47+,48-,49+,50-,51-/m1/s1. The summed E-state index contributed by atoms with van der Waals surface area (Å²) < 4.78 is 18.5. The van der Waals surface area contributed by atoms with E-state index in [-0.39, 0.29) is 61.9 Å². The van der Waals surface area contributed by atoms with Gasteiger partial charge in [-0.1, -0.05) is 36.4 Å². The van der Waals surface area contributed by atoms with Gasteiger partial charge >= 0.3 is 5.97 Å². The summed E-state index contributed by atoms with van der Waals surface area (Å²) in [7, 11) is 0. The lowest BCUT2D eigenvalue weighted by molar-refractivity contribution is -0.143. The van der Waals surface area contributed by atoms with Crippen molar-refractivity contribution in [3.8, 4) is 80.1 Å². The second kappa shape index (κ2) is 21.7. The van der Waals surface area contributed by atoms with Crippen molar-refractivity contribution in [3.05, 3.63) is 166 Å². The number of aromatic hydroxyl groups is 6. The van der Waals surface area contributed by atoms with Crippen molar-refractivity contribution >= 4 is 41.4 Å². The van der Waals surface area contributed by atoms with Crippen molar-refractivity contribution in [2.45, 2.75) is 61.4 Å². The molecule has 0 fully saturated rings. The summed E-state index contributed by atoms with van der Waals surface area (Å²) in [6.45, 7) is 1.42. The molecule has 6 amide bonds. The average Bonchev–Trinajstić information content (AvgIpc) is 3.67. The summed E-state index contributed by atoms with van der Waals surface area (Å²) in [5, 5.41) is 117. The molecule has 17 N–H and O–H groups in total. The number of hydrogen-bond acceptors (Lipinski definition) is 19. The molecule has 0 saturated heterocycles. The molecule has 26 heteroatoms. The van der Waals surface area contributed by atoms with Crippen LogP contribution in [0.15, 0.2) is 121 Å². The fourth-order valence-corrected chi connectivity index (χ4v) is 10.3. The number of fused-ring (bicyclic) bond motifs is 14. The Morgan fingerprint density at radius 3 is 1.51 bits per heavy atom. The van der Waals surface area contributed by atoms with Crippen LogP contribution in [0.5, 0.6) is 69.0 Å². The van der Waals surface area contributed by atoms with Crippen LogP contribution < -0.4 is 51.8 Å². The fourth-order valence-electron chi connectivity index (χ4n) is 10.3. The Morgan fingerprint density at radius 1 is 0.447 bits per heavy atom. The molecule has 0 unspecified atom stereocenters. The Labute approximate surface area is 478 Å². The number of carboxylic acid groups (broad SMARTS) is 1. The highest BCUT2D eigenvalue weighted by Crippen LogP contribution is 2.47. The number of ether oxygens (including phenoxy) is 3. The highest BCUT2D eigenvalue weighted by molar-refractivity contribution is 6.00. The van der Waals surface area contributed by atoms with E-state index in [1.807, 2.05) is 0 Å². The number of carboxylic acids is 1. The van der Waals surface area contributed by atoms with Crippen LogP contribution in [0.4, 0.5) is 0 Å². The third-order valence-corrected chi connectivity index (χ3v) is 14.9. The third kappa shape index (κ3) is 10.5. The maximum absolute atomic E-state index is 15.7. The molecule has 434 valence electrons. The normalized spacial score (nSPS) is 22.9. The van der Waals surface area contributed by atoms with Crippen LogP contribution in [0.25, 0.3) is 11.1 Å². The SMILES string of the molecule is Cc1c(O)cc2cc1Oc1cc(ccc1O)[C@@H](N)C(=O)N[C@H]1C(=O)N[C@@H]2C(=O)N[C@H]2C(=O)N[C@H]3C(=O)N[C@H](C(=O)N[C@H](C(=O)O)c4cc(O)cc(O)c4-c4cc3ccc4O)[C@H](O)c3ccc(cc3)Oc3cc2cc(c3O)Oc2ccc(cc2)[C@H]1O. The Kier molecular flexibility index (Phi) is 14.2. The molecular weight excluding hydrogens is 1110 g/mol. The van der Waals surface area contributed by atoms with Crippen LogP contribution in [0.2, 0.25) is 0 Å². The van der Waals surface area contributed by atoms with Gasteiger partial charge in [0.25, 0.3) is 0 Å². The molecule has 0 aromatic heterocycles. The number of rotatable bonds is 1. The van der Waals surface area contributed by atoms with Gasteiger partial charge in [0.05, 0.1) is 0 Å². The first-order valence-corrected chi connectivity index (χ1v) is 25.8. The number of aliphatic carboxylic acids is 1. The molecule has 85 heavy (non-hydrogen) atoms. The number of nitrogens with two attached hydrogens (primary N) is 1. The molecule has 7 aromatic carbocycles. The highest BCUT2D eigenvalue weighted by atomic mass is 16.5. The van der Waals surface area contributed by atoms with Gasteiger partial charge in [-0.15, -0.1) is 0 Å². The summed E-state index contributed by atoms with van der Waals surface area (Å²) in [6.07, 6.45) is -3.98. The van der Waals surface area contributed by atoms with E-state index >= 15 is 14.4 Å². The quantitative estimate of drug-likeness (QED) is 0.112. The van der Waals surface area contributed by atoms with Gasteiger partial charge in [-0.25, -0.2) is 4.79 Å². The second-order valence-electron chi connectivity index (χ2n) is 20.4. The van der Waals surface area contributed by atoms with Crippen molar-refractivity contribution < 1.29 is 93.7 Å². The number of carbonyl (C=O) groups is 7. The Hall–Kier alpha value is -11.1. The van der Waals surface area contributed by atoms with Crippen LogP contribution in [0.3, 0.4) is 0 Å². The Morgan fingerprint density at radius 2 is 0.918 bits per heavy atom. The summed E-state index contributed by atoms with van der Waals surface area (Å²) in [5.41, 5.74) is 4.22. The smallest absolute Gasteiger partial charge is 0.330 e. The summed E-state index contributed by atoms with van der Waals surface area (Å²) in [5.74, 6) is -14.7. The van der Waals surface area contributed by atoms with E-state index < -0.39 is 159 Å². The van der Waals surface area contributed by atoms with Gasteiger partial charge in [-0.05, 0) is 119 Å². The van der Waals surface area contributed by atoms with Crippen LogP contribution in [0, 0.1) is 6.92 Å². The molecule has 6 aliphatic rings. The van der Waals surface area contributed by atoms with Gasteiger partial charge in [-0.3, -0.25) is 28.8 Å². The van der Waals surface area contributed by atoms with Crippen molar-refractivity contribution in [2.24, 2.45) is 5.73 Å². The molecule has 0 spiro atoms. The first-order chi connectivity index (χ1) is 40.5. The van der Waals surface area contributed by atoms with Gasteiger partial charge in [0.1, 0.15) is 88.7 Å². The molecule has 6 heterocycles. The summed E-state index contributed by atoms with van der Waals surface area (Å²) in [6, 6.07) is 9.26. The van der Waals surface area contributed by atoms with E-state index in [4.69, 9.17) is 19.9 Å². The third-order valence-electron chi connectivity index (χ3n) is 14.9. The topological polar surface area (TPSA) is 427 Å². The number of carbonyl (C=O) groups excluding carboxylic acids is 6. The molecular formula is C59H49N7O19. The van der Waals surface area contributed by atoms with E-state index in [9.17, 15) is 65.1 Å². The minimum atomic E-state index is -2.16. The zero-order valence-corrected chi connectivity index (χ0v) is 43.9. The highest BCUT2D eigenvalue weighted by Gasteiger charge is 2.42. The number of aliphatic hydroxyl groups is 2. The number of benzene rings is 7. The van der Waals surface area contributed by atoms with Gasteiger partial charge in [0, 0.05) is 28.3 Å². The maximum atomic E-state index is 15.7. The van der Waals surface area contributed by atoms with Crippen molar-refractivity contribution in [1.82, 2.24) is 31.9 Å². The molecule has 0 radical (unpaired) electrons. The van der Waals surface area contributed by atoms with E-state index in [1.54, 1.807) is 0 Å². The molecule has 6 aliphatic heterocycles. The summed E-state index contributed by atoms with van der Waals surface area (Å²) in [4.78, 5) is 103. The molecule has 0 saturated carbocycles. The first-order valence-electron chi connectivity index (χ1n) is 25.8. The van der Waals surface area contributed by atoms with Crippen molar-refractivity contribution in [3.63, 3.8) is 0 Å². The lowest BCUT2D eigenvalue weighted by Crippen LogP contribution is -2.55. The molecule has 9 atom stereocenters. The number of nitrogens with one attached hydrogen (secondary N) is 6. The zero-order chi connectivity index (χ0) is 60.4. The van der Waals surface area contributed by atoms with E-state index in [0.717, 1.165) is 48.5 Å².